The van der Waals surface area contributed by atoms with Crippen molar-refractivity contribution in [2.45, 2.75) is 25.5 Å². The van der Waals surface area contributed by atoms with Crippen LogP contribution in [0, 0.1) is 0 Å². The minimum Gasteiger partial charge on any atom is -0.457 e. The highest BCUT2D eigenvalue weighted by atomic mass is 32.1. The number of nitrogens with zero attached hydrogens (tertiary/aromatic N) is 2. The number of carbonyl (C=O) groups is 1. The molecule has 13 heteroatoms. The Labute approximate surface area is 208 Å². The predicted molar refractivity (Wildman–Crippen MR) is 122 cm³/mol. The molecular weight excluding hydrogens is 526 g/mol. The number of hydrogen-bond donors (Lipinski definition) is 0. The van der Waals surface area contributed by atoms with Crippen LogP contribution >= 0.6 is 11.3 Å². The van der Waals surface area contributed by atoms with Gasteiger partial charge in [0, 0.05) is 7.05 Å². The first-order chi connectivity index (χ1) is 17.3. The topological polar surface area (TPSA) is 70.3 Å². The van der Waals surface area contributed by atoms with Gasteiger partial charge in [0.15, 0.2) is 0 Å². The number of thiophene rings is 1. The molecule has 4 rings (SSSR count). The molecule has 0 aliphatic rings. The summed E-state index contributed by atoms with van der Waals surface area (Å²) in [6.45, 7) is -0.983. The minimum atomic E-state index is -5.17. The van der Waals surface area contributed by atoms with Gasteiger partial charge in [-0.2, -0.15) is 26.3 Å². The van der Waals surface area contributed by atoms with E-state index in [0.29, 0.717) is 22.3 Å². The van der Waals surface area contributed by atoms with Gasteiger partial charge in [-0.15, -0.1) is 11.3 Å². The maximum atomic E-state index is 13.6. The molecule has 0 atom stereocenters. The first-order valence-electron chi connectivity index (χ1n) is 10.5. The van der Waals surface area contributed by atoms with Gasteiger partial charge in [-0.3, -0.25) is 13.9 Å². The molecule has 0 fully saturated rings. The largest absolute Gasteiger partial charge is 0.457 e. The Morgan fingerprint density at radius 2 is 1.62 bits per heavy atom. The molecular formula is C24H16F6N2O4S. The molecule has 0 N–H and O–H groups in total. The summed E-state index contributed by atoms with van der Waals surface area (Å²) in [6.07, 6.45) is -10.2. The SMILES string of the molecule is Cn1c(=O)n(Cc2ccc(C(F)(F)F)cc2C(F)(F)F)c(=O)c2cc(C(=O)OCc3ccccc3)sc21. The molecule has 4 aromatic rings. The van der Waals surface area contributed by atoms with Crippen molar-refractivity contribution in [2.75, 3.05) is 0 Å². The number of carbonyl (C=O) groups excluding carboxylic acids is 1. The van der Waals surface area contributed by atoms with E-state index < -0.39 is 52.8 Å². The lowest BCUT2D eigenvalue weighted by atomic mass is 10.0. The Balaban J connectivity index is 1.73. The third kappa shape index (κ3) is 5.31. The Hall–Kier alpha value is -3.87. The van der Waals surface area contributed by atoms with Crippen molar-refractivity contribution < 1.29 is 35.9 Å². The highest BCUT2D eigenvalue weighted by Crippen LogP contribution is 2.37. The number of benzene rings is 2. The highest BCUT2D eigenvalue weighted by Gasteiger charge is 2.38. The van der Waals surface area contributed by atoms with Crippen LogP contribution in [0.15, 0.2) is 64.2 Å². The normalized spacial score (nSPS) is 12.2. The summed E-state index contributed by atoms with van der Waals surface area (Å²) in [5.74, 6) is -0.773. The lowest BCUT2D eigenvalue weighted by Gasteiger charge is -2.17. The average Bonchev–Trinajstić information content (AvgIpc) is 3.29. The molecule has 2 aromatic heterocycles. The fraction of sp³-hybridized carbons (Fsp3) is 0.208. The van der Waals surface area contributed by atoms with Crippen molar-refractivity contribution in [1.29, 1.82) is 0 Å². The van der Waals surface area contributed by atoms with Crippen LogP contribution in [0.3, 0.4) is 0 Å². The van der Waals surface area contributed by atoms with E-state index in [9.17, 15) is 40.7 Å². The second kappa shape index (κ2) is 9.54. The molecule has 194 valence electrons. The fourth-order valence-corrected chi connectivity index (χ4v) is 4.64. The van der Waals surface area contributed by atoms with Crippen LogP contribution in [0.25, 0.3) is 10.2 Å². The van der Waals surface area contributed by atoms with E-state index in [-0.39, 0.29) is 27.8 Å². The highest BCUT2D eigenvalue weighted by molar-refractivity contribution is 7.20. The van der Waals surface area contributed by atoms with Gasteiger partial charge in [0.1, 0.15) is 16.3 Å². The standard InChI is InChI=1S/C24H16F6N2O4S/c1-31-20-16(10-18(37-20)21(34)36-12-13-5-3-2-4-6-13)19(33)32(22(31)35)11-14-7-8-15(23(25,26)27)9-17(14)24(28,29)30/h2-10H,11-12H2,1H3. The fourth-order valence-electron chi connectivity index (χ4n) is 3.64. The Bertz CT molecular complexity index is 1600. The molecule has 6 nitrogen and oxygen atoms in total. The van der Waals surface area contributed by atoms with Crippen molar-refractivity contribution in [3.05, 3.63) is 103 Å². The summed E-state index contributed by atoms with van der Waals surface area (Å²) in [5, 5.41) is -0.126. The summed E-state index contributed by atoms with van der Waals surface area (Å²) in [5.41, 5.74) is -5.12. The smallest absolute Gasteiger partial charge is 0.416 e. The average molecular weight is 542 g/mol. The monoisotopic (exact) mass is 542 g/mol. The summed E-state index contributed by atoms with van der Waals surface area (Å²) in [4.78, 5) is 38.5. The number of rotatable bonds is 5. The van der Waals surface area contributed by atoms with Gasteiger partial charge in [0.05, 0.1) is 23.1 Å². The molecule has 0 saturated heterocycles. The Morgan fingerprint density at radius 3 is 2.24 bits per heavy atom. The van der Waals surface area contributed by atoms with E-state index in [1.165, 1.54) is 13.1 Å². The summed E-state index contributed by atoms with van der Waals surface area (Å²) in [6, 6.07) is 10.9. The molecule has 0 bridgehead atoms. The van der Waals surface area contributed by atoms with Crippen molar-refractivity contribution in [3.63, 3.8) is 0 Å². The molecule has 0 unspecified atom stereocenters. The van der Waals surface area contributed by atoms with E-state index >= 15 is 0 Å². The lowest BCUT2D eigenvalue weighted by Crippen LogP contribution is -2.39. The van der Waals surface area contributed by atoms with Crippen molar-refractivity contribution in [1.82, 2.24) is 9.13 Å². The summed E-state index contributed by atoms with van der Waals surface area (Å²) >= 11 is 0.793. The number of halogens is 6. The zero-order valence-corrected chi connectivity index (χ0v) is 19.6. The number of ether oxygens (including phenoxy) is 1. The first-order valence-corrected chi connectivity index (χ1v) is 11.3. The third-order valence-corrected chi connectivity index (χ3v) is 6.69. The van der Waals surface area contributed by atoms with Gasteiger partial charge in [0.2, 0.25) is 0 Å². The van der Waals surface area contributed by atoms with E-state index in [1.807, 2.05) is 0 Å². The molecule has 0 saturated carbocycles. The second-order valence-electron chi connectivity index (χ2n) is 7.99. The quantitative estimate of drug-likeness (QED) is 0.257. The molecule has 0 aliphatic carbocycles. The lowest BCUT2D eigenvalue weighted by molar-refractivity contribution is -0.143. The van der Waals surface area contributed by atoms with E-state index in [2.05, 4.69) is 0 Å². The number of aryl methyl sites for hydroxylation is 1. The maximum Gasteiger partial charge on any atom is 0.416 e. The van der Waals surface area contributed by atoms with Gasteiger partial charge in [-0.1, -0.05) is 36.4 Å². The van der Waals surface area contributed by atoms with Gasteiger partial charge in [-0.05, 0) is 29.3 Å². The van der Waals surface area contributed by atoms with E-state index in [1.54, 1.807) is 30.3 Å². The number of fused-ring (bicyclic) bond motifs is 1. The summed E-state index contributed by atoms with van der Waals surface area (Å²) < 4.78 is 86.3. The molecule has 2 aromatic carbocycles. The van der Waals surface area contributed by atoms with Crippen molar-refractivity contribution >= 4 is 27.5 Å². The molecule has 0 amide bonds. The number of esters is 1. The van der Waals surface area contributed by atoms with Gasteiger partial charge >= 0.3 is 24.0 Å². The maximum absolute atomic E-state index is 13.6. The van der Waals surface area contributed by atoms with Crippen LogP contribution in [0.5, 0.6) is 0 Å². The van der Waals surface area contributed by atoms with Gasteiger partial charge in [-0.25, -0.2) is 9.59 Å². The number of alkyl halides is 6. The Kier molecular flexibility index (Phi) is 6.76. The van der Waals surface area contributed by atoms with Gasteiger partial charge < -0.3 is 4.74 Å². The van der Waals surface area contributed by atoms with Crippen LogP contribution in [-0.2, 0) is 37.3 Å². The molecule has 0 radical (unpaired) electrons. The molecule has 37 heavy (non-hydrogen) atoms. The van der Waals surface area contributed by atoms with E-state index in [0.717, 1.165) is 15.9 Å². The second-order valence-corrected chi connectivity index (χ2v) is 9.02. The molecule has 0 spiro atoms. The number of hydrogen-bond acceptors (Lipinski definition) is 5. The van der Waals surface area contributed by atoms with Crippen molar-refractivity contribution in [2.24, 2.45) is 7.05 Å². The Morgan fingerprint density at radius 1 is 0.946 bits per heavy atom. The van der Waals surface area contributed by atoms with Gasteiger partial charge in [0.25, 0.3) is 5.56 Å². The van der Waals surface area contributed by atoms with Crippen LogP contribution < -0.4 is 11.2 Å². The summed E-state index contributed by atoms with van der Waals surface area (Å²) in [7, 11) is 1.26. The number of aromatic nitrogens is 2. The minimum absolute atomic E-state index is 0.0127. The first kappa shape index (κ1) is 26.2. The molecule has 0 aliphatic heterocycles. The predicted octanol–water partition coefficient (Wildman–Crippen LogP) is 5.20. The molecule has 2 heterocycles. The van der Waals surface area contributed by atoms with Crippen LogP contribution in [0.1, 0.15) is 31.9 Å². The van der Waals surface area contributed by atoms with E-state index in [4.69, 9.17) is 4.74 Å². The third-order valence-electron chi connectivity index (χ3n) is 5.50. The zero-order chi connectivity index (χ0) is 27.1. The van der Waals surface area contributed by atoms with Crippen LogP contribution in [0.4, 0.5) is 26.3 Å². The van der Waals surface area contributed by atoms with Crippen LogP contribution in [0.2, 0.25) is 0 Å². The zero-order valence-electron chi connectivity index (χ0n) is 18.8. The van der Waals surface area contributed by atoms with Crippen LogP contribution in [-0.4, -0.2) is 15.1 Å². The van der Waals surface area contributed by atoms with Crippen molar-refractivity contribution in [3.8, 4) is 0 Å².